The molecule has 0 radical (unpaired) electrons. The van der Waals surface area contributed by atoms with Gasteiger partial charge in [0.1, 0.15) is 0 Å². The SMILES string of the molecule is CCNC(=NCc1cccc2cccnc12)NCC(C(C)C)N1CCOCC1.I. The molecule has 1 aromatic carbocycles. The van der Waals surface area contributed by atoms with Gasteiger partial charge in [0.15, 0.2) is 5.96 Å². The number of fused-ring (bicyclic) bond motifs is 1. The molecule has 6 nitrogen and oxygen atoms in total. The summed E-state index contributed by atoms with van der Waals surface area (Å²) in [5, 5.41) is 8.08. The van der Waals surface area contributed by atoms with Crippen LogP contribution in [-0.2, 0) is 11.3 Å². The summed E-state index contributed by atoms with van der Waals surface area (Å²) in [6, 6.07) is 10.8. The Morgan fingerprint density at radius 1 is 1.17 bits per heavy atom. The number of halogens is 1. The highest BCUT2D eigenvalue weighted by molar-refractivity contribution is 14.0. The van der Waals surface area contributed by atoms with Crippen molar-refractivity contribution in [2.45, 2.75) is 33.4 Å². The summed E-state index contributed by atoms with van der Waals surface area (Å²) in [6.45, 7) is 12.6. The standard InChI is InChI=1S/C22H33N5O.HI/c1-4-23-22(26-16-20(17(2)3)27-11-13-28-14-12-27)25-15-19-8-5-7-18-9-6-10-24-21(18)19;/h5-10,17,20H,4,11-16H2,1-3H3,(H2,23,25,26);1H. The third-order valence-corrected chi connectivity index (χ3v) is 5.23. The zero-order valence-electron chi connectivity index (χ0n) is 17.7. The van der Waals surface area contributed by atoms with Crippen LogP contribution in [0.15, 0.2) is 41.5 Å². The predicted molar refractivity (Wildman–Crippen MR) is 131 cm³/mol. The third-order valence-electron chi connectivity index (χ3n) is 5.23. The Morgan fingerprint density at radius 3 is 2.66 bits per heavy atom. The van der Waals surface area contributed by atoms with Crippen LogP contribution in [0.3, 0.4) is 0 Å². The summed E-state index contributed by atoms with van der Waals surface area (Å²) in [5.74, 6) is 1.42. The van der Waals surface area contributed by atoms with Crippen molar-refractivity contribution in [3.05, 3.63) is 42.1 Å². The van der Waals surface area contributed by atoms with Crippen molar-refractivity contribution in [1.29, 1.82) is 0 Å². The van der Waals surface area contributed by atoms with Crippen LogP contribution in [0.2, 0.25) is 0 Å². The van der Waals surface area contributed by atoms with Gasteiger partial charge in [0, 0.05) is 43.8 Å². The van der Waals surface area contributed by atoms with E-state index in [0.29, 0.717) is 18.5 Å². The molecule has 3 rings (SSSR count). The molecule has 1 saturated heterocycles. The summed E-state index contributed by atoms with van der Waals surface area (Å²) >= 11 is 0. The maximum Gasteiger partial charge on any atom is 0.191 e. The number of hydrogen-bond acceptors (Lipinski definition) is 4. The Morgan fingerprint density at radius 2 is 1.93 bits per heavy atom. The molecular weight excluding hydrogens is 477 g/mol. The Kier molecular flexibility index (Phi) is 10.1. The number of para-hydroxylation sites is 1. The molecule has 29 heavy (non-hydrogen) atoms. The number of guanidine groups is 1. The molecule has 1 aliphatic rings. The van der Waals surface area contributed by atoms with Gasteiger partial charge < -0.3 is 15.4 Å². The first-order valence-corrected chi connectivity index (χ1v) is 10.4. The molecular formula is C22H34IN5O. The second kappa shape index (κ2) is 12.3. The van der Waals surface area contributed by atoms with Crippen molar-refractivity contribution in [3.8, 4) is 0 Å². The fourth-order valence-corrected chi connectivity index (χ4v) is 3.70. The fourth-order valence-electron chi connectivity index (χ4n) is 3.70. The molecule has 160 valence electrons. The smallest absolute Gasteiger partial charge is 0.191 e. The van der Waals surface area contributed by atoms with Gasteiger partial charge >= 0.3 is 0 Å². The lowest BCUT2D eigenvalue weighted by Crippen LogP contribution is -2.52. The monoisotopic (exact) mass is 511 g/mol. The maximum absolute atomic E-state index is 5.51. The molecule has 1 aliphatic heterocycles. The van der Waals surface area contributed by atoms with E-state index in [4.69, 9.17) is 9.73 Å². The zero-order chi connectivity index (χ0) is 19.8. The Hall–Kier alpha value is -1.45. The van der Waals surface area contributed by atoms with Gasteiger partial charge in [-0.1, -0.05) is 38.1 Å². The quantitative estimate of drug-likeness (QED) is 0.340. The first kappa shape index (κ1) is 23.8. The number of benzene rings is 1. The minimum Gasteiger partial charge on any atom is -0.379 e. The number of morpholine rings is 1. The number of nitrogens with one attached hydrogen (secondary N) is 2. The molecule has 7 heteroatoms. The van der Waals surface area contributed by atoms with E-state index in [2.05, 4.69) is 65.6 Å². The molecule has 2 aromatic rings. The van der Waals surface area contributed by atoms with Gasteiger partial charge in [0.25, 0.3) is 0 Å². The molecule has 0 aliphatic carbocycles. The van der Waals surface area contributed by atoms with Gasteiger partial charge in [-0.25, -0.2) is 4.99 Å². The van der Waals surface area contributed by atoms with E-state index in [1.807, 2.05) is 12.3 Å². The molecule has 1 unspecified atom stereocenters. The largest absolute Gasteiger partial charge is 0.379 e. The van der Waals surface area contributed by atoms with Gasteiger partial charge in [0.05, 0.1) is 25.3 Å². The molecule has 2 heterocycles. The highest BCUT2D eigenvalue weighted by atomic mass is 127. The summed E-state index contributed by atoms with van der Waals surface area (Å²) < 4.78 is 5.51. The van der Waals surface area contributed by atoms with Gasteiger partial charge in [-0.15, -0.1) is 24.0 Å². The molecule has 1 atom stereocenters. The number of hydrogen-bond donors (Lipinski definition) is 2. The number of nitrogens with zero attached hydrogens (tertiary/aromatic N) is 3. The van der Waals surface area contributed by atoms with E-state index in [9.17, 15) is 0 Å². The van der Waals surface area contributed by atoms with Crippen LogP contribution >= 0.6 is 24.0 Å². The Bertz CT molecular complexity index is 771. The van der Waals surface area contributed by atoms with Crippen molar-refractivity contribution < 1.29 is 4.74 Å². The van der Waals surface area contributed by atoms with E-state index in [0.717, 1.165) is 61.8 Å². The third kappa shape index (κ3) is 6.79. The lowest BCUT2D eigenvalue weighted by atomic mass is 10.0. The van der Waals surface area contributed by atoms with Crippen LogP contribution in [0.5, 0.6) is 0 Å². The van der Waals surface area contributed by atoms with Gasteiger partial charge in [-0.05, 0) is 24.5 Å². The summed E-state index contributed by atoms with van der Waals surface area (Å²) in [6.07, 6.45) is 1.84. The number of rotatable bonds is 7. The maximum atomic E-state index is 5.51. The number of ether oxygens (including phenoxy) is 1. The van der Waals surface area contributed by atoms with Crippen molar-refractivity contribution in [3.63, 3.8) is 0 Å². The second-order valence-electron chi connectivity index (χ2n) is 7.53. The Balaban J connectivity index is 0.00000300. The molecule has 0 amide bonds. The average Bonchev–Trinajstić information content (AvgIpc) is 2.72. The van der Waals surface area contributed by atoms with Gasteiger partial charge in [-0.2, -0.15) is 0 Å². The van der Waals surface area contributed by atoms with E-state index < -0.39 is 0 Å². The van der Waals surface area contributed by atoms with Crippen molar-refractivity contribution in [1.82, 2.24) is 20.5 Å². The number of pyridine rings is 1. The summed E-state index contributed by atoms with van der Waals surface area (Å²) in [4.78, 5) is 11.9. The van der Waals surface area contributed by atoms with Crippen molar-refractivity contribution in [2.75, 3.05) is 39.4 Å². The van der Waals surface area contributed by atoms with E-state index in [1.165, 1.54) is 0 Å². The van der Waals surface area contributed by atoms with Gasteiger partial charge in [-0.3, -0.25) is 9.88 Å². The summed E-state index contributed by atoms with van der Waals surface area (Å²) in [7, 11) is 0. The number of aromatic nitrogens is 1. The predicted octanol–water partition coefficient (Wildman–Crippen LogP) is 3.26. The highest BCUT2D eigenvalue weighted by Gasteiger charge is 2.23. The lowest BCUT2D eigenvalue weighted by Gasteiger charge is -2.37. The fraction of sp³-hybridized carbons (Fsp3) is 0.545. The van der Waals surface area contributed by atoms with Crippen LogP contribution in [0.4, 0.5) is 0 Å². The van der Waals surface area contributed by atoms with Crippen LogP contribution in [0, 0.1) is 5.92 Å². The first-order chi connectivity index (χ1) is 13.7. The average molecular weight is 511 g/mol. The van der Waals surface area contributed by atoms with E-state index >= 15 is 0 Å². The van der Waals surface area contributed by atoms with Crippen LogP contribution in [-0.4, -0.2) is 61.3 Å². The van der Waals surface area contributed by atoms with Crippen LogP contribution in [0.25, 0.3) is 10.9 Å². The normalized spacial score (nSPS) is 16.5. The van der Waals surface area contributed by atoms with Crippen molar-refractivity contribution in [2.24, 2.45) is 10.9 Å². The van der Waals surface area contributed by atoms with Crippen LogP contribution in [0.1, 0.15) is 26.3 Å². The molecule has 0 saturated carbocycles. The van der Waals surface area contributed by atoms with E-state index in [-0.39, 0.29) is 24.0 Å². The number of aliphatic imine (C=N–C) groups is 1. The van der Waals surface area contributed by atoms with E-state index in [1.54, 1.807) is 0 Å². The Labute approximate surface area is 191 Å². The first-order valence-electron chi connectivity index (χ1n) is 10.4. The van der Waals surface area contributed by atoms with Gasteiger partial charge in [0.2, 0.25) is 0 Å². The highest BCUT2D eigenvalue weighted by Crippen LogP contribution is 2.16. The lowest BCUT2D eigenvalue weighted by molar-refractivity contribution is 0.00752. The molecule has 1 fully saturated rings. The molecule has 0 bridgehead atoms. The summed E-state index contributed by atoms with van der Waals surface area (Å²) in [5.41, 5.74) is 2.17. The molecule has 0 spiro atoms. The second-order valence-corrected chi connectivity index (χ2v) is 7.53. The minimum atomic E-state index is 0. The minimum absolute atomic E-state index is 0. The molecule has 2 N–H and O–H groups in total. The van der Waals surface area contributed by atoms with Crippen LogP contribution < -0.4 is 10.6 Å². The topological polar surface area (TPSA) is 61.8 Å². The zero-order valence-corrected chi connectivity index (χ0v) is 20.1. The molecule has 1 aromatic heterocycles. The van der Waals surface area contributed by atoms with Crippen molar-refractivity contribution >= 4 is 40.8 Å².